The number of anilines is 1. The Morgan fingerprint density at radius 1 is 0.963 bits per heavy atom. The van der Waals surface area contributed by atoms with Crippen LogP contribution in [0.1, 0.15) is 23.6 Å². The van der Waals surface area contributed by atoms with Gasteiger partial charge in [0.25, 0.3) is 0 Å². The van der Waals surface area contributed by atoms with E-state index in [1.54, 1.807) is 18.2 Å². The molecule has 1 aliphatic rings. The molecule has 1 aliphatic heterocycles. The highest BCUT2D eigenvalue weighted by molar-refractivity contribution is 9.10. The molecule has 6 heteroatoms. The summed E-state index contributed by atoms with van der Waals surface area (Å²) in [5.74, 6) is -0.264. The van der Waals surface area contributed by atoms with E-state index in [1.165, 1.54) is 12.1 Å². The molecule has 0 saturated carbocycles. The van der Waals surface area contributed by atoms with Gasteiger partial charge in [-0.15, -0.1) is 0 Å². The fraction of sp³-hybridized carbons (Fsp3) is 0.0952. The van der Waals surface area contributed by atoms with Gasteiger partial charge in [-0.05, 0) is 59.7 Å². The van der Waals surface area contributed by atoms with Crippen molar-refractivity contribution in [3.63, 3.8) is 0 Å². The second kappa shape index (κ2) is 7.63. The minimum Gasteiger partial charge on any atom is -0.257 e. The van der Waals surface area contributed by atoms with Gasteiger partial charge >= 0.3 is 0 Å². The molecule has 4 rings (SSSR count). The van der Waals surface area contributed by atoms with E-state index in [1.807, 2.05) is 41.4 Å². The Labute approximate surface area is 175 Å². The molecule has 3 aromatic rings. The average molecular weight is 464 g/mol. The summed E-state index contributed by atoms with van der Waals surface area (Å²) in [4.78, 5) is 0. The Morgan fingerprint density at radius 3 is 2.33 bits per heavy atom. The molecule has 136 valence electrons. The zero-order valence-corrected chi connectivity index (χ0v) is 17.1. The minimum absolute atomic E-state index is 0.0732. The highest BCUT2D eigenvalue weighted by atomic mass is 79.9. The molecule has 0 amide bonds. The number of benzene rings is 3. The number of halogens is 4. The van der Waals surface area contributed by atoms with Crippen molar-refractivity contribution in [3.8, 4) is 0 Å². The Bertz CT molecular complexity index is 1000. The van der Waals surface area contributed by atoms with Gasteiger partial charge < -0.3 is 0 Å². The minimum atomic E-state index is -0.264. The van der Waals surface area contributed by atoms with Crippen LogP contribution in [0, 0.1) is 5.82 Å². The molecule has 27 heavy (non-hydrogen) atoms. The third-order valence-corrected chi connectivity index (χ3v) is 5.59. The lowest BCUT2D eigenvalue weighted by atomic mass is 9.98. The standard InChI is InChI=1S/C21H14BrCl2FN2/c22-14-3-8-17(9-4-14)27-21(18-10-5-15(23)11-19(18)24)12-20(26-27)13-1-6-16(25)7-2-13/h1-11,21H,12H2/t21-/m1/s1. The van der Waals surface area contributed by atoms with Gasteiger partial charge in [0.2, 0.25) is 0 Å². The summed E-state index contributed by atoms with van der Waals surface area (Å²) in [5, 5.41) is 7.98. The van der Waals surface area contributed by atoms with Crippen LogP contribution in [0.25, 0.3) is 0 Å². The third-order valence-electron chi connectivity index (χ3n) is 4.50. The highest BCUT2D eigenvalue weighted by Crippen LogP contribution is 2.40. The van der Waals surface area contributed by atoms with Crippen LogP contribution in [0.4, 0.5) is 10.1 Å². The summed E-state index contributed by atoms with van der Waals surface area (Å²) >= 11 is 16.0. The molecular weight excluding hydrogens is 450 g/mol. The van der Waals surface area contributed by atoms with Crippen LogP contribution in [-0.4, -0.2) is 5.71 Å². The normalized spacial score (nSPS) is 16.5. The fourth-order valence-corrected chi connectivity index (χ4v) is 3.97. The maximum atomic E-state index is 13.3. The quantitative estimate of drug-likeness (QED) is 0.399. The second-order valence-corrected chi connectivity index (χ2v) is 8.02. The van der Waals surface area contributed by atoms with Crippen LogP contribution in [0.15, 0.2) is 76.3 Å². The number of hydrazone groups is 1. The molecule has 0 N–H and O–H groups in total. The van der Waals surface area contributed by atoms with Gasteiger partial charge in [-0.2, -0.15) is 5.10 Å². The summed E-state index contributed by atoms with van der Waals surface area (Å²) < 4.78 is 14.3. The lowest BCUT2D eigenvalue weighted by Gasteiger charge is -2.25. The summed E-state index contributed by atoms with van der Waals surface area (Å²) in [5.41, 5.74) is 3.68. The van der Waals surface area contributed by atoms with Crippen molar-refractivity contribution >= 4 is 50.5 Å². The Kier molecular flexibility index (Phi) is 5.22. The Morgan fingerprint density at radius 2 is 1.67 bits per heavy atom. The van der Waals surface area contributed by atoms with Crippen molar-refractivity contribution in [3.05, 3.63) is 98.2 Å². The smallest absolute Gasteiger partial charge is 0.123 e. The lowest BCUT2D eigenvalue weighted by Crippen LogP contribution is -2.18. The molecule has 2 nitrogen and oxygen atoms in total. The number of nitrogens with zero attached hydrogens (tertiary/aromatic N) is 2. The van der Waals surface area contributed by atoms with Crippen LogP contribution < -0.4 is 5.01 Å². The summed E-state index contributed by atoms with van der Waals surface area (Å²) in [7, 11) is 0. The van der Waals surface area contributed by atoms with E-state index >= 15 is 0 Å². The van der Waals surface area contributed by atoms with Gasteiger partial charge in [-0.25, -0.2) is 4.39 Å². The molecule has 0 aromatic heterocycles. The van der Waals surface area contributed by atoms with Crippen molar-refractivity contribution < 1.29 is 4.39 Å². The average Bonchev–Trinajstić information content (AvgIpc) is 3.08. The molecule has 0 unspecified atom stereocenters. The van der Waals surface area contributed by atoms with Gasteiger partial charge in [-0.1, -0.05) is 57.3 Å². The summed E-state index contributed by atoms with van der Waals surface area (Å²) in [6, 6.07) is 19.8. The van der Waals surface area contributed by atoms with Gasteiger partial charge in [0, 0.05) is 20.9 Å². The molecule has 0 fully saturated rings. The SMILES string of the molecule is Fc1ccc(C2=NN(c3ccc(Br)cc3)[C@@H](c3ccc(Cl)cc3Cl)C2)cc1. The van der Waals surface area contributed by atoms with E-state index in [-0.39, 0.29) is 11.9 Å². The van der Waals surface area contributed by atoms with E-state index in [0.717, 1.165) is 27.0 Å². The molecule has 1 heterocycles. The van der Waals surface area contributed by atoms with Crippen LogP contribution in [0.2, 0.25) is 10.0 Å². The van der Waals surface area contributed by atoms with Crippen molar-refractivity contribution in [2.24, 2.45) is 5.10 Å². The van der Waals surface area contributed by atoms with E-state index in [9.17, 15) is 4.39 Å². The monoisotopic (exact) mass is 462 g/mol. The van der Waals surface area contributed by atoms with Crippen molar-refractivity contribution in [2.75, 3.05) is 5.01 Å². The van der Waals surface area contributed by atoms with Crippen LogP contribution in [-0.2, 0) is 0 Å². The third kappa shape index (κ3) is 3.88. The van der Waals surface area contributed by atoms with Crippen molar-refractivity contribution in [1.29, 1.82) is 0 Å². The van der Waals surface area contributed by atoms with Gasteiger partial charge in [0.15, 0.2) is 0 Å². The zero-order valence-electron chi connectivity index (χ0n) is 14.0. The Hall–Kier alpha value is -1.88. The van der Waals surface area contributed by atoms with Crippen LogP contribution in [0.3, 0.4) is 0 Å². The van der Waals surface area contributed by atoms with Gasteiger partial charge in [0.1, 0.15) is 5.82 Å². The first-order chi connectivity index (χ1) is 13.0. The van der Waals surface area contributed by atoms with E-state index in [2.05, 4.69) is 15.9 Å². The first-order valence-corrected chi connectivity index (χ1v) is 9.89. The maximum absolute atomic E-state index is 13.3. The molecule has 0 radical (unpaired) electrons. The summed E-state index contributed by atoms with van der Waals surface area (Å²) in [6.07, 6.45) is 0.656. The van der Waals surface area contributed by atoms with Crippen molar-refractivity contribution in [1.82, 2.24) is 0 Å². The number of hydrogen-bond acceptors (Lipinski definition) is 2. The largest absolute Gasteiger partial charge is 0.257 e. The van der Waals surface area contributed by atoms with Crippen molar-refractivity contribution in [2.45, 2.75) is 12.5 Å². The molecule has 0 aliphatic carbocycles. The number of hydrogen-bond donors (Lipinski definition) is 0. The summed E-state index contributed by atoms with van der Waals surface area (Å²) in [6.45, 7) is 0. The number of rotatable bonds is 3. The highest BCUT2D eigenvalue weighted by Gasteiger charge is 2.31. The van der Waals surface area contributed by atoms with Gasteiger partial charge in [0.05, 0.1) is 17.4 Å². The molecular formula is C21H14BrCl2FN2. The molecule has 0 bridgehead atoms. The first kappa shape index (κ1) is 18.5. The van der Waals surface area contributed by atoms with E-state index < -0.39 is 0 Å². The fourth-order valence-electron chi connectivity index (χ4n) is 3.17. The Balaban J connectivity index is 1.77. The first-order valence-electron chi connectivity index (χ1n) is 8.34. The topological polar surface area (TPSA) is 15.6 Å². The zero-order chi connectivity index (χ0) is 19.0. The lowest BCUT2D eigenvalue weighted by molar-refractivity contribution is 0.627. The predicted molar refractivity (Wildman–Crippen MR) is 113 cm³/mol. The molecule has 0 spiro atoms. The second-order valence-electron chi connectivity index (χ2n) is 6.26. The molecule has 1 atom stereocenters. The van der Waals surface area contributed by atoms with E-state index in [0.29, 0.717) is 16.5 Å². The predicted octanol–water partition coefficient (Wildman–Crippen LogP) is 7.25. The maximum Gasteiger partial charge on any atom is 0.123 e. The van der Waals surface area contributed by atoms with Crippen LogP contribution in [0.5, 0.6) is 0 Å². The van der Waals surface area contributed by atoms with E-state index in [4.69, 9.17) is 28.3 Å². The molecule has 3 aromatic carbocycles. The van der Waals surface area contributed by atoms with Crippen LogP contribution >= 0.6 is 39.1 Å². The molecule has 0 saturated heterocycles. The van der Waals surface area contributed by atoms with Gasteiger partial charge in [-0.3, -0.25) is 5.01 Å².